The highest BCUT2D eigenvalue weighted by Gasteiger charge is 2.50. The van der Waals surface area contributed by atoms with Crippen molar-refractivity contribution in [1.29, 1.82) is 0 Å². The van der Waals surface area contributed by atoms with Crippen molar-refractivity contribution in [2.24, 2.45) is 5.41 Å². The Balaban J connectivity index is 1.68. The van der Waals surface area contributed by atoms with Crippen LogP contribution in [0.25, 0.3) is 0 Å². The Hall–Kier alpha value is -0.0800. The molecule has 3 fully saturated rings. The van der Waals surface area contributed by atoms with E-state index in [1.807, 2.05) is 0 Å². The van der Waals surface area contributed by atoms with Gasteiger partial charge in [-0.15, -0.1) is 0 Å². The normalized spacial score (nSPS) is 36.5. The molecule has 0 bridgehead atoms. The highest BCUT2D eigenvalue weighted by atomic mass is 15.2. The van der Waals surface area contributed by atoms with Crippen LogP contribution >= 0.6 is 0 Å². The van der Waals surface area contributed by atoms with Crippen LogP contribution < -0.4 is 5.32 Å². The van der Waals surface area contributed by atoms with Crippen LogP contribution in [-0.4, -0.2) is 37.1 Å². The molecule has 3 aliphatic rings. The van der Waals surface area contributed by atoms with Crippen molar-refractivity contribution in [3.63, 3.8) is 0 Å². The Kier molecular flexibility index (Phi) is 3.95. The van der Waals surface area contributed by atoms with Crippen molar-refractivity contribution in [2.75, 3.05) is 20.1 Å². The number of likely N-dealkylation sites (tertiary alicyclic amines) is 1. The number of piperidine rings is 1. The number of nitrogens with one attached hydrogen (secondary N) is 1. The zero-order valence-electron chi connectivity index (χ0n) is 12.1. The monoisotopic (exact) mass is 250 g/mol. The number of rotatable bonds is 3. The molecule has 0 aromatic carbocycles. The van der Waals surface area contributed by atoms with E-state index in [4.69, 9.17) is 0 Å². The second kappa shape index (κ2) is 5.50. The summed E-state index contributed by atoms with van der Waals surface area (Å²) in [6.45, 7) is 2.57. The molecule has 1 aliphatic heterocycles. The molecule has 18 heavy (non-hydrogen) atoms. The lowest BCUT2D eigenvalue weighted by atomic mass is 9.56. The summed E-state index contributed by atoms with van der Waals surface area (Å²) in [7, 11) is 2.12. The first-order valence-corrected chi connectivity index (χ1v) is 8.26. The zero-order chi connectivity index (χ0) is 12.4. The predicted octanol–water partition coefficient (Wildman–Crippen LogP) is 3.17. The molecule has 3 rings (SSSR count). The van der Waals surface area contributed by atoms with Crippen molar-refractivity contribution in [2.45, 2.75) is 76.3 Å². The molecule has 2 unspecified atom stereocenters. The van der Waals surface area contributed by atoms with Crippen LogP contribution in [0, 0.1) is 5.41 Å². The second-order valence-electron chi connectivity index (χ2n) is 6.92. The van der Waals surface area contributed by atoms with Gasteiger partial charge in [-0.1, -0.05) is 25.7 Å². The molecule has 1 saturated heterocycles. The van der Waals surface area contributed by atoms with Crippen LogP contribution in [0.2, 0.25) is 0 Å². The van der Waals surface area contributed by atoms with E-state index in [9.17, 15) is 0 Å². The lowest BCUT2D eigenvalue weighted by Gasteiger charge is -2.59. The van der Waals surface area contributed by atoms with Crippen LogP contribution in [0.15, 0.2) is 0 Å². The maximum atomic E-state index is 3.42. The molecular formula is C16H30N2. The van der Waals surface area contributed by atoms with E-state index in [-0.39, 0.29) is 0 Å². The minimum atomic E-state index is 0.752. The van der Waals surface area contributed by atoms with Gasteiger partial charge < -0.3 is 5.32 Å². The minimum Gasteiger partial charge on any atom is -0.318 e. The van der Waals surface area contributed by atoms with Crippen molar-refractivity contribution >= 4 is 0 Å². The summed E-state index contributed by atoms with van der Waals surface area (Å²) in [6, 6.07) is 1.77. The van der Waals surface area contributed by atoms with Crippen molar-refractivity contribution in [1.82, 2.24) is 10.2 Å². The average molecular weight is 250 g/mol. The molecule has 1 N–H and O–H groups in total. The Morgan fingerprint density at radius 1 is 1.00 bits per heavy atom. The molecule has 2 heteroatoms. The van der Waals surface area contributed by atoms with Gasteiger partial charge in [0.1, 0.15) is 0 Å². The summed E-state index contributed by atoms with van der Waals surface area (Å²) in [5.74, 6) is 0. The van der Waals surface area contributed by atoms with Gasteiger partial charge in [0.05, 0.1) is 0 Å². The van der Waals surface area contributed by atoms with Crippen LogP contribution in [0.5, 0.6) is 0 Å². The van der Waals surface area contributed by atoms with Gasteiger partial charge in [-0.2, -0.15) is 0 Å². The lowest BCUT2D eigenvalue weighted by Crippen LogP contribution is -2.61. The van der Waals surface area contributed by atoms with Crippen LogP contribution in [-0.2, 0) is 0 Å². The average Bonchev–Trinajstić information content (AvgIpc) is 2.41. The highest BCUT2D eigenvalue weighted by Crippen LogP contribution is 2.54. The maximum Gasteiger partial charge on any atom is 0.0223 e. The number of nitrogens with zero attached hydrogens (tertiary/aromatic N) is 1. The fourth-order valence-corrected chi connectivity index (χ4v) is 4.93. The largest absolute Gasteiger partial charge is 0.318 e. The lowest BCUT2D eigenvalue weighted by molar-refractivity contribution is -0.0795. The molecule has 2 atom stereocenters. The zero-order valence-corrected chi connectivity index (χ0v) is 12.1. The van der Waals surface area contributed by atoms with Gasteiger partial charge in [-0.05, 0) is 57.5 Å². The first-order chi connectivity index (χ1) is 8.86. The molecule has 2 nitrogen and oxygen atoms in total. The number of hydrogen-bond donors (Lipinski definition) is 1. The molecule has 0 aromatic rings. The third-order valence-corrected chi connectivity index (χ3v) is 5.98. The molecular weight excluding hydrogens is 220 g/mol. The van der Waals surface area contributed by atoms with Crippen molar-refractivity contribution < 1.29 is 0 Å². The van der Waals surface area contributed by atoms with Gasteiger partial charge in [0.15, 0.2) is 0 Å². The van der Waals surface area contributed by atoms with Gasteiger partial charge in [0.25, 0.3) is 0 Å². The third-order valence-electron chi connectivity index (χ3n) is 5.98. The first-order valence-electron chi connectivity index (χ1n) is 8.26. The molecule has 2 saturated carbocycles. The molecule has 1 spiro atoms. The fraction of sp³-hybridized carbons (Fsp3) is 1.00. The van der Waals surface area contributed by atoms with E-state index >= 15 is 0 Å². The molecule has 0 amide bonds. The third kappa shape index (κ3) is 2.22. The standard InChI is InChI=1S/C16H30N2/c1-17-13-14-7-3-6-12-18(14)15-8-11-16(15)9-4-2-5-10-16/h14-15,17H,2-13H2,1H3. The summed E-state index contributed by atoms with van der Waals surface area (Å²) in [5, 5.41) is 3.42. The predicted molar refractivity (Wildman–Crippen MR) is 76.8 cm³/mol. The van der Waals surface area contributed by atoms with Gasteiger partial charge in [0.2, 0.25) is 0 Å². The van der Waals surface area contributed by atoms with Gasteiger partial charge >= 0.3 is 0 Å². The summed E-state index contributed by atoms with van der Waals surface area (Å²) >= 11 is 0. The van der Waals surface area contributed by atoms with Gasteiger partial charge in [0, 0.05) is 18.6 Å². The van der Waals surface area contributed by atoms with Gasteiger partial charge in [-0.3, -0.25) is 4.90 Å². The Morgan fingerprint density at radius 2 is 1.83 bits per heavy atom. The van der Waals surface area contributed by atoms with E-state index < -0.39 is 0 Å². The highest BCUT2D eigenvalue weighted by molar-refractivity contribution is 5.04. The van der Waals surface area contributed by atoms with Crippen LogP contribution in [0.3, 0.4) is 0 Å². The number of likely N-dealkylation sites (N-methyl/N-ethyl adjacent to an activating group) is 1. The Morgan fingerprint density at radius 3 is 2.50 bits per heavy atom. The fourth-order valence-electron chi connectivity index (χ4n) is 4.93. The molecule has 0 radical (unpaired) electrons. The summed E-state index contributed by atoms with van der Waals surface area (Å²) < 4.78 is 0. The molecule has 2 aliphatic carbocycles. The van der Waals surface area contributed by atoms with E-state index in [1.165, 1.54) is 77.3 Å². The van der Waals surface area contributed by atoms with Crippen molar-refractivity contribution in [3.05, 3.63) is 0 Å². The quantitative estimate of drug-likeness (QED) is 0.827. The van der Waals surface area contributed by atoms with Gasteiger partial charge in [-0.25, -0.2) is 0 Å². The SMILES string of the molecule is CNCC1CCCCN1C1CCC12CCCCC2. The Bertz CT molecular complexity index is 268. The smallest absolute Gasteiger partial charge is 0.0223 e. The Labute approximate surface area is 113 Å². The molecule has 0 aromatic heterocycles. The van der Waals surface area contributed by atoms with Crippen LogP contribution in [0.4, 0.5) is 0 Å². The summed E-state index contributed by atoms with van der Waals surface area (Å²) in [6.07, 6.45) is 14.9. The summed E-state index contributed by atoms with van der Waals surface area (Å²) in [5.41, 5.74) is 0.752. The minimum absolute atomic E-state index is 0.752. The van der Waals surface area contributed by atoms with E-state index in [1.54, 1.807) is 0 Å². The molecule has 104 valence electrons. The summed E-state index contributed by atoms with van der Waals surface area (Å²) in [4.78, 5) is 2.91. The van der Waals surface area contributed by atoms with Crippen LogP contribution in [0.1, 0.15) is 64.2 Å². The van der Waals surface area contributed by atoms with E-state index in [0.29, 0.717) is 0 Å². The first kappa shape index (κ1) is 12.9. The topological polar surface area (TPSA) is 15.3 Å². The molecule has 1 heterocycles. The second-order valence-corrected chi connectivity index (χ2v) is 6.92. The van der Waals surface area contributed by atoms with E-state index in [2.05, 4.69) is 17.3 Å². The number of hydrogen-bond acceptors (Lipinski definition) is 2. The van der Waals surface area contributed by atoms with Crippen molar-refractivity contribution in [3.8, 4) is 0 Å². The van der Waals surface area contributed by atoms with E-state index in [0.717, 1.165) is 17.5 Å². The maximum absolute atomic E-state index is 3.42.